The van der Waals surface area contributed by atoms with Gasteiger partial charge < -0.3 is 0 Å². The quantitative estimate of drug-likeness (QED) is 0.104. The van der Waals surface area contributed by atoms with Gasteiger partial charge in [0, 0.05) is 34.7 Å². The molecule has 0 fully saturated rings. The molecule has 0 aliphatic heterocycles. The fourth-order valence-electron chi connectivity index (χ4n) is 6.33. The van der Waals surface area contributed by atoms with Crippen molar-refractivity contribution in [1.29, 1.82) is 10.5 Å². The predicted octanol–water partition coefficient (Wildman–Crippen LogP) is 10.2. The van der Waals surface area contributed by atoms with Crippen LogP contribution in [0.25, 0.3) is 65.3 Å². The highest BCUT2D eigenvalue weighted by molar-refractivity contribution is 6.11. The van der Waals surface area contributed by atoms with E-state index in [9.17, 15) is 36.9 Å². The minimum Gasteiger partial charge on any atom is -0.251 e. The van der Waals surface area contributed by atoms with E-state index in [0.717, 1.165) is 24.5 Å². The molecule has 238 valence electrons. The molecule has 7 rings (SSSR count). The van der Waals surface area contributed by atoms with Gasteiger partial charge in [-0.2, -0.15) is 26.3 Å². The van der Waals surface area contributed by atoms with Gasteiger partial charge >= 0.3 is 12.4 Å². The van der Waals surface area contributed by atoms with Crippen molar-refractivity contribution in [3.63, 3.8) is 0 Å². The summed E-state index contributed by atoms with van der Waals surface area (Å²) in [5, 5.41) is 20.0. The van der Waals surface area contributed by atoms with Crippen molar-refractivity contribution >= 4 is 11.1 Å². The number of aromatic nitrogens is 2. The van der Waals surface area contributed by atoms with Crippen LogP contribution in [-0.4, -0.2) is 9.97 Å². The molecule has 0 saturated heterocycles. The van der Waals surface area contributed by atoms with Gasteiger partial charge in [0.15, 0.2) is 0 Å². The van der Waals surface area contributed by atoms with Gasteiger partial charge in [-0.1, -0.05) is 36.4 Å². The van der Waals surface area contributed by atoms with Gasteiger partial charge in [-0.25, -0.2) is 20.2 Å². The lowest BCUT2D eigenvalue weighted by atomic mass is 9.95. The molecule has 0 N–H and O–H groups in total. The molecule has 0 radical (unpaired) electrons. The van der Waals surface area contributed by atoms with Gasteiger partial charge in [0.25, 0.3) is 11.4 Å². The molecule has 2 aromatic heterocycles. The van der Waals surface area contributed by atoms with Crippen LogP contribution in [0.4, 0.5) is 26.3 Å². The first kappa shape index (κ1) is 31.6. The average Bonchev–Trinajstić information content (AvgIpc) is 3.59. The molecule has 2 aliphatic carbocycles. The predicted molar refractivity (Wildman–Crippen MR) is 170 cm³/mol. The largest absolute Gasteiger partial charge is 0.433 e. The second-order valence-corrected chi connectivity index (χ2v) is 11.2. The van der Waals surface area contributed by atoms with E-state index in [4.69, 9.17) is 13.1 Å². The van der Waals surface area contributed by atoms with Crippen molar-refractivity contribution in [2.75, 3.05) is 0 Å². The number of alkyl halides is 6. The fraction of sp³-hybridized carbons (Fsp3) is 0.0526. The number of hydrogen-bond acceptors (Lipinski definition) is 4. The number of rotatable bonds is 2. The molecule has 3 aromatic carbocycles. The SMILES string of the molecule is [C-]#[N+]C(C#N)=C1c2cc(-c3ccc(C(F)(F)F)nc3)ccc2-c2cc3c(cc21)-c1ccc(-c2ccc(C(F)(F)F)nc2)cc1C3=C(C#N)[N+]#[C-]. The van der Waals surface area contributed by atoms with Crippen molar-refractivity contribution in [3.05, 3.63) is 153 Å². The number of benzene rings is 3. The van der Waals surface area contributed by atoms with E-state index in [0.29, 0.717) is 77.9 Å². The molecule has 0 spiro atoms. The lowest BCUT2D eigenvalue weighted by Gasteiger charge is -2.10. The maximum atomic E-state index is 13.1. The maximum Gasteiger partial charge on any atom is 0.433 e. The Kier molecular flexibility index (Phi) is 7.14. The molecule has 2 heterocycles. The van der Waals surface area contributed by atoms with E-state index in [1.165, 1.54) is 12.1 Å². The Balaban J connectivity index is 1.41. The Bertz CT molecular complexity index is 2320. The molecule has 0 saturated carbocycles. The molecule has 0 atom stereocenters. The van der Waals surface area contributed by atoms with Crippen molar-refractivity contribution in [2.45, 2.75) is 12.4 Å². The van der Waals surface area contributed by atoms with Crippen LogP contribution in [0.2, 0.25) is 0 Å². The Morgan fingerprint density at radius 3 is 1.16 bits per heavy atom. The summed E-state index contributed by atoms with van der Waals surface area (Å²) in [6.45, 7) is 15.5. The third-order valence-corrected chi connectivity index (χ3v) is 8.54. The topological polar surface area (TPSA) is 82.1 Å². The van der Waals surface area contributed by atoms with Crippen molar-refractivity contribution in [1.82, 2.24) is 9.97 Å². The number of nitriles is 2. The van der Waals surface area contributed by atoms with E-state index in [2.05, 4.69) is 19.7 Å². The summed E-state index contributed by atoms with van der Waals surface area (Å²) in [6, 6.07) is 21.9. The Labute approximate surface area is 279 Å². The van der Waals surface area contributed by atoms with Crippen molar-refractivity contribution < 1.29 is 26.3 Å². The number of allylic oxidation sites excluding steroid dienone is 2. The van der Waals surface area contributed by atoms with Crippen LogP contribution in [0.1, 0.15) is 33.6 Å². The molecule has 0 amide bonds. The molecular weight excluding hydrogens is 654 g/mol. The standard InChI is InChI=1S/C38H14F6N6/c1-47-31(15-45)35-27-11-19(21-5-9-33(49-17-21)37(39,40)41)3-7-23(27)25-14-30-26(13-29(25)35)24-8-4-20(12-28(24)36(30)32(16-46)48-2)22-6-10-34(50-18-22)38(42,43)44/h3-14,17-18H. The molecule has 5 aromatic rings. The summed E-state index contributed by atoms with van der Waals surface area (Å²) in [5.74, 6) is 0. The highest BCUT2D eigenvalue weighted by Crippen LogP contribution is 2.54. The number of pyridine rings is 2. The molecule has 50 heavy (non-hydrogen) atoms. The first-order valence-corrected chi connectivity index (χ1v) is 14.5. The first-order chi connectivity index (χ1) is 23.9. The minimum atomic E-state index is -4.61. The third-order valence-electron chi connectivity index (χ3n) is 8.54. The summed E-state index contributed by atoms with van der Waals surface area (Å²) >= 11 is 0. The second kappa shape index (κ2) is 11.3. The summed E-state index contributed by atoms with van der Waals surface area (Å²) in [4.78, 5) is 14.0. The van der Waals surface area contributed by atoms with Crippen LogP contribution < -0.4 is 0 Å². The molecule has 2 aliphatic rings. The number of hydrogen-bond donors (Lipinski definition) is 0. The smallest absolute Gasteiger partial charge is 0.251 e. The number of fused-ring (bicyclic) bond motifs is 6. The average molecular weight is 669 g/mol. The second-order valence-electron chi connectivity index (χ2n) is 11.2. The zero-order valence-corrected chi connectivity index (χ0v) is 25.0. The number of halogens is 6. The van der Waals surface area contributed by atoms with E-state index in [-0.39, 0.29) is 11.4 Å². The van der Waals surface area contributed by atoms with Crippen LogP contribution in [-0.2, 0) is 12.4 Å². The summed E-state index contributed by atoms with van der Waals surface area (Å²) < 4.78 is 78.8. The van der Waals surface area contributed by atoms with E-state index in [1.54, 1.807) is 48.5 Å². The van der Waals surface area contributed by atoms with Gasteiger partial charge in [-0.15, -0.1) is 0 Å². The van der Waals surface area contributed by atoms with Gasteiger partial charge in [0.2, 0.25) is 0 Å². The van der Waals surface area contributed by atoms with Gasteiger partial charge in [-0.3, -0.25) is 9.97 Å². The molecule has 12 heteroatoms. The molecular formula is C38H14F6N6. The lowest BCUT2D eigenvalue weighted by molar-refractivity contribution is -0.141. The first-order valence-electron chi connectivity index (χ1n) is 14.5. The Hall–Kier alpha value is -7.02. The fourth-order valence-corrected chi connectivity index (χ4v) is 6.33. The Morgan fingerprint density at radius 2 is 0.860 bits per heavy atom. The van der Waals surface area contributed by atoms with Crippen molar-refractivity contribution in [2.24, 2.45) is 0 Å². The summed E-state index contributed by atoms with van der Waals surface area (Å²) in [6.07, 6.45) is -7.03. The van der Waals surface area contributed by atoms with Gasteiger partial charge in [0.1, 0.15) is 11.4 Å². The highest BCUT2D eigenvalue weighted by atomic mass is 19.4. The monoisotopic (exact) mass is 668 g/mol. The third kappa shape index (κ3) is 4.95. The lowest BCUT2D eigenvalue weighted by Crippen LogP contribution is -2.07. The molecule has 6 nitrogen and oxygen atoms in total. The zero-order valence-electron chi connectivity index (χ0n) is 25.0. The van der Waals surface area contributed by atoms with E-state index in [1.807, 2.05) is 12.1 Å². The van der Waals surface area contributed by atoms with E-state index >= 15 is 0 Å². The van der Waals surface area contributed by atoms with Crippen molar-refractivity contribution in [3.8, 4) is 56.6 Å². The van der Waals surface area contributed by atoms with Gasteiger partial charge in [0.05, 0.1) is 25.3 Å². The van der Waals surface area contributed by atoms with Crippen LogP contribution in [0.15, 0.2) is 96.6 Å². The van der Waals surface area contributed by atoms with Gasteiger partial charge in [-0.05, 0) is 92.0 Å². The van der Waals surface area contributed by atoms with Crippen LogP contribution >= 0.6 is 0 Å². The number of nitrogens with zero attached hydrogens (tertiary/aromatic N) is 6. The van der Waals surface area contributed by atoms with Crippen LogP contribution in [0, 0.1) is 35.8 Å². The van der Waals surface area contributed by atoms with E-state index < -0.39 is 23.7 Å². The normalized spacial score (nSPS) is 14.6. The maximum absolute atomic E-state index is 13.1. The minimum absolute atomic E-state index is 0.217. The zero-order chi connectivity index (χ0) is 35.5. The molecule has 0 unspecified atom stereocenters. The Morgan fingerprint density at radius 1 is 0.500 bits per heavy atom. The summed E-state index contributed by atoms with van der Waals surface area (Å²) in [5.41, 5.74) is 4.34. The van der Waals surface area contributed by atoms with Crippen LogP contribution in [0.3, 0.4) is 0 Å². The highest BCUT2D eigenvalue weighted by Gasteiger charge is 2.35. The van der Waals surface area contributed by atoms with Crippen LogP contribution in [0.5, 0.6) is 0 Å². The molecule has 0 bridgehead atoms. The summed E-state index contributed by atoms with van der Waals surface area (Å²) in [7, 11) is 0.